The fourth-order valence-corrected chi connectivity index (χ4v) is 0.870. The van der Waals surface area contributed by atoms with Gasteiger partial charge in [0.15, 0.2) is 11.4 Å². The van der Waals surface area contributed by atoms with Crippen LogP contribution in [0.15, 0.2) is 12.4 Å². The largest absolute Gasteiger partial charge is 0.435 e. The smallest absolute Gasteiger partial charge is 0.297 e. The van der Waals surface area contributed by atoms with Gasteiger partial charge < -0.3 is 0 Å². The molecule has 0 bridgehead atoms. The van der Waals surface area contributed by atoms with Gasteiger partial charge in [0.2, 0.25) is 0 Å². The number of halogens is 3. The third-order valence-corrected chi connectivity index (χ3v) is 1.49. The van der Waals surface area contributed by atoms with Crippen molar-refractivity contribution in [2.45, 2.75) is 6.18 Å². The number of thiol groups is 1. The summed E-state index contributed by atoms with van der Waals surface area (Å²) in [6.45, 7) is 0. The van der Waals surface area contributed by atoms with E-state index in [0.29, 0.717) is 0 Å². The van der Waals surface area contributed by atoms with Crippen LogP contribution >= 0.6 is 12.8 Å². The number of aromatic nitrogens is 2. The highest BCUT2D eigenvalue weighted by Gasteiger charge is 2.37. The van der Waals surface area contributed by atoms with Crippen molar-refractivity contribution < 1.29 is 18.0 Å². The lowest BCUT2D eigenvalue weighted by molar-refractivity contribution is -0.141. The molecule has 14 heavy (non-hydrogen) atoms. The van der Waals surface area contributed by atoms with Gasteiger partial charge in [0.05, 0.1) is 0 Å². The lowest BCUT2D eigenvalue weighted by atomic mass is 10.3. The lowest BCUT2D eigenvalue weighted by Crippen LogP contribution is -2.22. The summed E-state index contributed by atoms with van der Waals surface area (Å²) >= 11 is 3.34. The Balaban J connectivity index is 3.23. The predicted octanol–water partition coefficient (Wildman–Crippen LogP) is 1.07. The molecule has 76 valence electrons. The summed E-state index contributed by atoms with van der Waals surface area (Å²) < 4.78 is 38.5. The highest BCUT2D eigenvalue weighted by atomic mass is 32.1. The first kappa shape index (κ1) is 10.8. The summed E-state index contributed by atoms with van der Waals surface area (Å²) in [6.07, 6.45) is -2.85. The molecule has 0 radical (unpaired) electrons. The molecule has 0 fully saturated rings. The van der Waals surface area contributed by atoms with Gasteiger partial charge in [-0.15, -0.1) is 0 Å². The molecule has 0 unspecified atom stereocenters. The molecule has 8 heteroatoms. The topological polar surface area (TPSA) is 54.9 Å². The molecule has 0 aliphatic heterocycles. The van der Waals surface area contributed by atoms with Crippen LogP contribution < -0.4 is 4.72 Å². The van der Waals surface area contributed by atoms with Crippen molar-refractivity contribution in [1.29, 1.82) is 0 Å². The van der Waals surface area contributed by atoms with Crippen molar-refractivity contribution in [2.24, 2.45) is 0 Å². The van der Waals surface area contributed by atoms with Crippen molar-refractivity contribution in [2.75, 3.05) is 0 Å². The van der Waals surface area contributed by atoms with Crippen LogP contribution in [0.25, 0.3) is 0 Å². The maximum absolute atomic E-state index is 12.2. The van der Waals surface area contributed by atoms with Crippen LogP contribution in [-0.4, -0.2) is 15.9 Å². The average molecular weight is 223 g/mol. The number of alkyl halides is 3. The molecule has 1 amide bonds. The Kier molecular flexibility index (Phi) is 2.94. The van der Waals surface area contributed by atoms with Crippen LogP contribution in [0.5, 0.6) is 0 Å². The molecule has 1 rings (SSSR count). The standard InChI is InChI=1S/C6H4F3N3OS/c7-6(8,9)4-3(5(13)12-14)10-1-2-11-4/h1-2,14H,(H,12,13). The van der Waals surface area contributed by atoms with E-state index < -0.39 is 23.5 Å². The monoisotopic (exact) mass is 223 g/mol. The zero-order valence-corrected chi connectivity index (χ0v) is 7.43. The van der Waals surface area contributed by atoms with E-state index in [1.165, 1.54) is 0 Å². The van der Waals surface area contributed by atoms with Gasteiger partial charge in [-0.25, -0.2) is 9.97 Å². The Hall–Kier alpha value is -1.31. The Bertz CT molecular complexity index is 354. The number of rotatable bonds is 1. The summed E-state index contributed by atoms with van der Waals surface area (Å²) in [5.41, 5.74) is -2.12. The van der Waals surface area contributed by atoms with Crippen molar-refractivity contribution in [3.05, 3.63) is 23.8 Å². The molecule has 0 aliphatic carbocycles. The van der Waals surface area contributed by atoms with E-state index in [2.05, 4.69) is 22.8 Å². The van der Waals surface area contributed by atoms with Crippen molar-refractivity contribution in [3.63, 3.8) is 0 Å². The van der Waals surface area contributed by atoms with E-state index in [4.69, 9.17) is 0 Å². The molecule has 4 nitrogen and oxygen atoms in total. The molecule has 0 atom stereocenters. The van der Waals surface area contributed by atoms with Gasteiger partial charge in [0, 0.05) is 12.4 Å². The number of carbonyl (C=O) groups is 1. The van der Waals surface area contributed by atoms with Gasteiger partial charge in [-0.3, -0.25) is 9.52 Å². The molecule has 0 saturated heterocycles. The normalized spacial score (nSPS) is 11.1. The molecule has 0 saturated carbocycles. The average Bonchev–Trinajstić information content (AvgIpc) is 2.15. The van der Waals surface area contributed by atoms with Crippen LogP contribution in [-0.2, 0) is 6.18 Å². The quantitative estimate of drug-likeness (QED) is 0.700. The zero-order chi connectivity index (χ0) is 10.8. The highest BCUT2D eigenvalue weighted by molar-refractivity contribution is 7.78. The minimum atomic E-state index is -4.70. The van der Waals surface area contributed by atoms with Gasteiger partial charge in [0.25, 0.3) is 5.91 Å². The Morgan fingerprint density at radius 2 is 1.93 bits per heavy atom. The van der Waals surface area contributed by atoms with Crippen molar-refractivity contribution in [3.8, 4) is 0 Å². The van der Waals surface area contributed by atoms with Crippen LogP contribution in [0.1, 0.15) is 16.2 Å². The van der Waals surface area contributed by atoms with Gasteiger partial charge in [-0.1, -0.05) is 12.8 Å². The summed E-state index contributed by atoms with van der Waals surface area (Å²) in [4.78, 5) is 17.2. The molecule has 1 heterocycles. The van der Waals surface area contributed by atoms with Crippen LogP contribution in [0.2, 0.25) is 0 Å². The fraction of sp³-hybridized carbons (Fsp3) is 0.167. The minimum absolute atomic E-state index is 0.796. The second-order valence-corrected chi connectivity index (χ2v) is 2.42. The van der Waals surface area contributed by atoms with Gasteiger partial charge in [-0.2, -0.15) is 13.2 Å². The van der Waals surface area contributed by atoms with Crippen molar-refractivity contribution in [1.82, 2.24) is 14.7 Å². The highest BCUT2D eigenvalue weighted by Crippen LogP contribution is 2.28. The lowest BCUT2D eigenvalue weighted by Gasteiger charge is -2.08. The van der Waals surface area contributed by atoms with E-state index >= 15 is 0 Å². The van der Waals surface area contributed by atoms with E-state index in [1.807, 2.05) is 0 Å². The first-order valence-corrected chi connectivity index (χ1v) is 3.74. The number of hydrogen-bond donors (Lipinski definition) is 2. The molecule has 1 aromatic heterocycles. The predicted molar refractivity (Wildman–Crippen MR) is 43.5 cm³/mol. The Labute approximate surface area is 82.1 Å². The van der Waals surface area contributed by atoms with E-state index in [0.717, 1.165) is 12.4 Å². The molecular formula is C6H4F3N3OS. The first-order valence-electron chi connectivity index (χ1n) is 3.29. The SMILES string of the molecule is O=C(NS)c1nccnc1C(F)(F)F. The minimum Gasteiger partial charge on any atom is -0.297 e. The van der Waals surface area contributed by atoms with Crippen LogP contribution in [0.3, 0.4) is 0 Å². The zero-order valence-electron chi connectivity index (χ0n) is 6.54. The summed E-state index contributed by atoms with van der Waals surface area (Å²) in [6, 6.07) is 0. The van der Waals surface area contributed by atoms with Gasteiger partial charge >= 0.3 is 6.18 Å². The number of nitrogens with zero attached hydrogens (tertiary/aromatic N) is 2. The van der Waals surface area contributed by atoms with Crippen LogP contribution in [0.4, 0.5) is 13.2 Å². The van der Waals surface area contributed by atoms with E-state index in [9.17, 15) is 18.0 Å². The fourth-order valence-electron chi connectivity index (χ4n) is 0.765. The molecule has 0 aliphatic rings. The number of nitrogens with one attached hydrogen (secondary N) is 1. The number of carbonyl (C=O) groups excluding carboxylic acids is 1. The molecule has 0 spiro atoms. The Morgan fingerprint density at radius 1 is 1.36 bits per heavy atom. The molecule has 1 N–H and O–H groups in total. The molecule has 0 aromatic carbocycles. The summed E-state index contributed by atoms with van der Waals surface area (Å²) in [7, 11) is 0. The van der Waals surface area contributed by atoms with Gasteiger partial charge in [0.1, 0.15) is 0 Å². The van der Waals surface area contributed by atoms with Gasteiger partial charge in [-0.05, 0) is 0 Å². The number of amides is 1. The maximum Gasteiger partial charge on any atom is 0.435 e. The Morgan fingerprint density at radius 3 is 2.43 bits per heavy atom. The third-order valence-electron chi connectivity index (χ3n) is 1.28. The second kappa shape index (κ2) is 3.82. The maximum atomic E-state index is 12.2. The first-order chi connectivity index (χ1) is 6.46. The van der Waals surface area contributed by atoms with E-state index in [-0.39, 0.29) is 0 Å². The summed E-state index contributed by atoms with van der Waals surface area (Å²) in [5, 5.41) is 0. The van der Waals surface area contributed by atoms with E-state index in [1.54, 1.807) is 4.72 Å². The molecular weight excluding hydrogens is 219 g/mol. The van der Waals surface area contributed by atoms with Crippen LogP contribution in [0, 0.1) is 0 Å². The summed E-state index contributed by atoms with van der Waals surface area (Å²) in [5.74, 6) is -1.05. The molecule has 1 aromatic rings. The second-order valence-electron chi connectivity index (χ2n) is 2.19. The number of hydrogen-bond acceptors (Lipinski definition) is 4. The van der Waals surface area contributed by atoms with Crippen molar-refractivity contribution >= 4 is 18.7 Å². The third kappa shape index (κ3) is 2.13.